The smallest absolute Gasteiger partial charge is 0.314 e. The van der Waals surface area contributed by atoms with Gasteiger partial charge in [-0.3, -0.25) is 9.59 Å². The molecule has 0 saturated heterocycles. The van der Waals surface area contributed by atoms with Crippen LogP contribution in [0.3, 0.4) is 0 Å². The van der Waals surface area contributed by atoms with Crippen LogP contribution >= 0.6 is 11.6 Å². The van der Waals surface area contributed by atoms with Gasteiger partial charge in [-0.1, -0.05) is 37.6 Å². The molecule has 0 bridgehead atoms. The normalized spacial score (nSPS) is 11.7. The van der Waals surface area contributed by atoms with E-state index in [1.54, 1.807) is 55.6 Å². The van der Waals surface area contributed by atoms with Crippen LogP contribution in [-0.2, 0) is 14.3 Å². The second kappa shape index (κ2) is 9.25. The molecule has 26 heavy (non-hydrogen) atoms. The van der Waals surface area contributed by atoms with E-state index in [1.165, 1.54) is 0 Å². The van der Waals surface area contributed by atoms with E-state index in [2.05, 4.69) is 5.32 Å². The third-order valence-corrected chi connectivity index (χ3v) is 4.12. The van der Waals surface area contributed by atoms with Gasteiger partial charge in [0.1, 0.15) is 5.75 Å². The van der Waals surface area contributed by atoms with Crippen LogP contribution in [0.15, 0.2) is 48.5 Å². The highest BCUT2D eigenvalue weighted by Gasteiger charge is 2.26. The summed E-state index contributed by atoms with van der Waals surface area (Å²) >= 11 is 5.90. The van der Waals surface area contributed by atoms with Crippen LogP contribution in [0.25, 0.3) is 0 Å². The molecule has 1 N–H and O–H groups in total. The molecule has 6 heteroatoms. The van der Waals surface area contributed by atoms with Crippen molar-refractivity contribution in [2.24, 2.45) is 5.92 Å². The lowest BCUT2D eigenvalue weighted by Crippen LogP contribution is -2.26. The van der Waals surface area contributed by atoms with Gasteiger partial charge in [-0.15, -0.1) is 0 Å². The van der Waals surface area contributed by atoms with Crippen LogP contribution in [0.5, 0.6) is 5.75 Å². The average Bonchev–Trinajstić information content (AvgIpc) is 2.62. The van der Waals surface area contributed by atoms with E-state index in [9.17, 15) is 9.59 Å². The zero-order valence-electron chi connectivity index (χ0n) is 15.0. The number of esters is 1. The third-order valence-electron chi connectivity index (χ3n) is 3.87. The Labute approximate surface area is 158 Å². The van der Waals surface area contributed by atoms with Crippen molar-refractivity contribution in [1.29, 1.82) is 0 Å². The zero-order chi connectivity index (χ0) is 19.1. The first-order valence-electron chi connectivity index (χ1n) is 8.26. The maximum atomic E-state index is 12.5. The molecule has 0 saturated carbocycles. The van der Waals surface area contributed by atoms with Gasteiger partial charge in [0.05, 0.1) is 13.0 Å². The average molecular weight is 376 g/mol. The Morgan fingerprint density at radius 2 is 1.65 bits per heavy atom. The summed E-state index contributed by atoms with van der Waals surface area (Å²) in [5.74, 6) is -0.583. The summed E-state index contributed by atoms with van der Waals surface area (Å²) in [6, 6.07) is 13.9. The Morgan fingerprint density at radius 3 is 2.19 bits per heavy atom. The lowest BCUT2D eigenvalue weighted by atomic mass is 9.88. The summed E-state index contributed by atoms with van der Waals surface area (Å²) in [4.78, 5) is 24.5. The molecule has 5 nitrogen and oxygen atoms in total. The second-order valence-corrected chi connectivity index (χ2v) is 6.59. The highest BCUT2D eigenvalue weighted by Crippen LogP contribution is 2.27. The lowest BCUT2D eigenvalue weighted by molar-refractivity contribution is -0.149. The van der Waals surface area contributed by atoms with E-state index in [4.69, 9.17) is 21.1 Å². The van der Waals surface area contributed by atoms with Crippen LogP contribution in [0, 0.1) is 5.92 Å². The lowest BCUT2D eigenvalue weighted by Gasteiger charge is -2.20. The first kappa shape index (κ1) is 19.8. The number of benzene rings is 2. The summed E-state index contributed by atoms with van der Waals surface area (Å²) in [5, 5.41) is 3.28. The molecule has 0 spiro atoms. The van der Waals surface area contributed by atoms with Gasteiger partial charge in [0.25, 0.3) is 5.91 Å². The molecule has 0 fully saturated rings. The first-order chi connectivity index (χ1) is 12.4. The molecule has 0 aliphatic heterocycles. The van der Waals surface area contributed by atoms with E-state index in [0.717, 1.165) is 5.56 Å². The van der Waals surface area contributed by atoms with Crippen LogP contribution in [0.2, 0.25) is 5.02 Å². The molecule has 0 aromatic heterocycles. The van der Waals surface area contributed by atoms with Crippen LogP contribution in [-0.4, -0.2) is 25.6 Å². The Balaban J connectivity index is 1.94. The van der Waals surface area contributed by atoms with E-state index in [0.29, 0.717) is 16.5 Å². The molecular weight excluding hydrogens is 354 g/mol. The van der Waals surface area contributed by atoms with Gasteiger partial charge in [0.15, 0.2) is 6.61 Å². The minimum atomic E-state index is -0.457. The third kappa shape index (κ3) is 5.49. The molecule has 2 aromatic rings. The standard InChI is InChI=1S/C20H22ClNO4/c1-13(2)19(14-4-6-15(21)7-5-14)20(24)26-12-18(23)22-16-8-10-17(25-3)11-9-16/h4-11,13,19H,12H2,1-3H3,(H,22,23)/t19-/m0/s1. The quantitative estimate of drug-likeness (QED) is 0.734. The van der Waals surface area contributed by atoms with Gasteiger partial charge in [-0.05, 0) is 47.9 Å². The summed E-state index contributed by atoms with van der Waals surface area (Å²) < 4.78 is 10.3. The van der Waals surface area contributed by atoms with E-state index >= 15 is 0 Å². The molecule has 0 aliphatic rings. The summed E-state index contributed by atoms with van der Waals surface area (Å²) in [6.07, 6.45) is 0. The molecule has 138 valence electrons. The Hall–Kier alpha value is -2.53. The minimum Gasteiger partial charge on any atom is -0.497 e. The molecule has 2 aromatic carbocycles. The Kier molecular flexibility index (Phi) is 7.04. The van der Waals surface area contributed by atoms with E-state index in [-0.39, 0.29) is 12.5 Å². The van der Waals surface area contributed by atoms with Crippen molar-refractivity contribution >= 4 is 29.2 Å². The molecular formula is C20H22ClNO4. The number of hydrogen-bond acceptors (Lipinski definition) is 4. The molecule has 2 rings (SSSR count). The summed E-state index contributed by atoms with van der Waals surface area (Å²) in [6.45, 7) is 3.51. The molecule has 1 amide bonds. The monoisotopic (exact) mass is 375 g/mol. The molecule has 1 atom stereocenters. The number of anilines is 1. The largest absolute Gasteiger partial charge is 0.497 e. The highest BCUT2D eigenvalue weighted by atomic mass is 35.5. The van der Waals surface area contributed by atoms with Crippen molar-refractivity contribution < 1.29 is 19.1 Å². The number of carbonyl (C=O) groups excluding carboxylic acids is 2. The number of nitrogens with one attached hydrogen (secondary N) is 1. The number of rotatable bonds is 7. The molecule has 0 unspecified atom stereocenters. The number of halogens is 1. The number of methoxy groups -OCH3 is 1. The van der Waals surface area contributed by atoms with Crippen LogP contribution in [0.1, 0.15) is 25.3 Å². The molecule has 0 aliphatic carbocycles. The molecule has 0 heterocycles. The predicted octanol–water partition coefficient (Wildman–Crippen LogP) is 4.27. The van der Waals surface area contributed by atoms with Crippen molar-refractivity contribution in [3.05, 3.63) is 59.1 Å². The van der Waals surface area contributed by atoms with Crippen LogP contribution < -0.4 is 10.1 Å². The van der Waals surface area contributed by atoms with Crippen molar-refractivity contribution in [3.8, 4) is 5.75 Å². The van der Waals surface area contributed by atoms with Crippen molar-refractivity contribution in [2.45, 2.75) is 19.8 Å². The first-order valence-corrected chi connectivity index (χ1v) is 8.64. The summed E-state index contributed by atoms with van der Waals surface area (Å²) in [7, 11) is 1.57. The maximum absolute atomic E-state index is 12.5. The van der Waals surface area contributed by atoms with Crippen LogP contribution in [0.4, 0.5) is 5.69 Å². The van der Waals surface area contributed by atoms with Gasteiger partial charge in [0, 0.05) is 10.7 Å². The Morgan fingerprint density at radius 1 is 1.04 bits per heavy atom. The fourth-order valence-corrected chi connectivity index (χ4v) is 2.69. The van der Waals surface area contributed by atoms with Gasteiger partial charge in [-0.25, -0.2) is 0 Å². The van der Waals surface area contributed by atoms with Gasteiger partial charge >= 0.3 is 5.97 Å². The molecule has 0 radical (unpaired) electrons. The number of hydrogen-bond donors (Lipinski definition) is 1. The maximum Gasteiger partial charge on any atom is 0.314 e. The highest BCUT2D eigenvalue weighted by molar-refractivity contribution is 6.30. The summed E-state index contributed by atoms with van der Waals surface area (Å²) in [5.41, 5.74) is 1.41. The van der Waals surface area contributed by atoms with Crippen molar-refractivity contribution in [2.75, 3.05) is 19.0 Å². The van der Waals surface area contributed by atoms with Gasteiger partial charge in [-0.2, -0.15) is 0 Å². The number of amides is 1. The predicted molar refractivity (Wildman–Crippen MR) is 102 cm³/mol. The van der Waals surface area contributed by atoms with E-state index in [1.807, 2.05) is 13.8 Å². The minimum absolute atomic E-state index is 0.0216. The number of ether oxygens (including phenoxy) is 2. The number of carbonyl (C=O) groups is 2. The Bertz CT molecular complexity index is 741. The SMILES string of the molecule is COc1ccc(NC(=O)COC(=O)[C@H](c2ccc(Cl)cc2)C(C)C)cc1. The van der Waals surface area contributed by atoms with Crippen molar-refractivity contribution in [3.63, 3.8) is 0 Å². The van der Waals surface area contributed by atoms with E-state index < -0.39 is 17.8 Å². The topological polar surface area (TPSA) is 64.6 Å². The fourth-order valence-electron chi connectivity index (χ4n) is 2.56. The van der Waals surface area contributed by atoms with Gasteiger partial charge < -0.3 is 14.8 Å². The van der Waals surface area contributed by atoms with Crippen molar-refractivity contribution in [1.82, 2.24) is 0 Å². The fraction of sp³-hybridized carbons (Fsp3) is 0.300. The van der Waals surface area contributed by atoms with Gasteiger partial charge in [0.2, 0.25) is 0 Å². The zero-order valence-corrected chi connectivity index (χ0v) is 15.7. The second-order valence-electron chi connectivity index (χ2n) is 6.16.